The number of thiazole rings is 1. The Morgan fingerprint density at radius 3 is 2.74 bits per heavy atom. The normalized spacial score (nSPS) is 17.8. The molecule has 0 unspecified atom stereocenters. The summed E-state index contributed by atoms with van der Waals surface area (Å²) in [6.45, 7) is 1.63. The number of nitrogens with two attached hydrogens (primary N) is 1. The maximum atomic E-state index is 14.5. The van der Waals surface area contributed by atoms with E-state index in [9.17, 15) is 14.0 Å². The van der Waals surface area contributed by atoms with Crippen LogP contribution in [0.25, 0.3) is 0 Å². The third-order valence-electron chi connectivity index (χ3n) is 5.18. The molecule has 0 atom stereocenters. The molecule has 1 aliphatic carbocycles. The number of hydrogen-bond acceptors (Lipinski definition) is 7. The molecule has 1 aromatic carbocycles. The number of nitrogens with zero attached hydrogens (tertiary/aromatic N) is 3. The number of nitrogens with one attached hydrogen (secondary N) is 2. The van der Waals surface area contributed by atoms with Crippen molar-refractivity contribution in [1.82, 2.24) is 14.8 Å². The average Bonchev–Trinajstić information content (AvgIpc) is 3.32. The van der Waals surface area contributed by atoms with E-state index in [2.05, 4.69) is 20.7 Å². The molecule has 2 amide bonds. The Bertz CT molecular complexity index is 1140. The predicted octanol–water partition coefficient (Wildman–Crippen LogP) is 3.22. The van der Waals surface area contributed by atoms with Crippen LogP contribution in [0.15, 0.2) is 30.6 Å². The van der Waals surface area contributed by atoms with E-state index < -0.39 is 17.6 Å². The molecule has 162 valence electrons. The van der Waals surface area contributed by atoms with Crippen LogP contribution in [0, 0.1) is 12.7 Å². The predicted molar refractivity (Wildman–Crippen MR) is 115 cm³/mol. The van der Waals surface area contributed by atoms with Crippen molar-refractivity contribution in [2.45, 2.75) is 31.9 Å². The van der Waals surface area contributed by atoms with Gasteiger partial charge in [-0.2, -0.15) is 5.10 Å². The van der Waals surface area contributed by atoms with Crippen LogP contribution in [0.2, 0.25) is 0 Å². The van der Waals surface area contributed by atoms with Crippen LogP contribution in [-0.4, -0.2) is 39.8 Å². The zero-order valence-electron chi connectivity index (χ0n) is 16.9. The Morgan fingerprint density at radius 2 is 2.06 bits per heavy atom. The lowest BCUT2D eigenvalue weighted by Crippen LogP contribution is -2.32. The number of methoxy groups -OCH3 is 1. The Balaban J connectivity index is 1.47. The highest BCUT2D eigenvalue weighted by molar-refractivity contribution is 7.17. The molecule has 0 radical (unpaired) electrons. The molecule has 1 saturated carbocycles. The second-order valence-electron chi connectivity index (χ2n) is 7.28. The lowest BCUT2D eigenvalue weighted by molar-refractivity contribution is 0.00256. The summed E-state index contributed by atoms with van der Waals surface area (Å²) in [5, 5.41) is 9.88. The fraction of sp³-hybridized carbons (Fsp3) is 0.300. The van der Waals surface area contributed by atoms with Crippen molar-refractivity contribution in [1.29, 1.82) is 0 Å². The first-order valence-electron chi connectivity index (χ1n) is 9.56. The minimum Gasteiger partial charge on any atom is -0.381 e. The van der Waals surface area contributed by atoms with Gasteiger partial charge < -0.3 is 21.1 Å². The smallest absolute Gasteiger partial charge is 0.267 e. The molecule has 9 nitrogen and oxygen atoms in total. The first kappa shape index (κ1) is 20.9. The number of aromatic nitrogens is 3. The van der Waals surface area contributed by atoms with E-state index >= 15 is 0 Å². The number of hydrogen-bond donors (Lipinski definition) is 3. The summed E-state index contributed by atoms with van der Waals surface area (Å²) in [7, 11) is 1.68. The fourth-order valence-electron chi connectivity index (χ4n) is 3.30. The van der Waals surface area contributed by atoms with Crippen molar-refractivity contribution in [2.75, 3.05) is 23.5 Å². The molecular weight excluding hydrogens is 423 g/mol. The van der Waals surface area contributed by atoms with E-state index in [0.717, 1.165) is 24.2 Å². The van der Waals surface area contributed by atoms with Gasteiger partial charge in [0.1, 0.15) is 10.7 Å². The molecule has 3 aromatic rings. The van der Waals surface area contributed by atoms with Crippen molar-refractivity contribution < 1.29 is 18.7 Å². The van der Waals surface area contributed by atoms with Gasteiger partial charge in [-0.1, -0.05) is 11.3 Å². The van der Waals surface area contributed by atoms with Crippen molar-refractivity contribution >= 4 is 39.8 Å². The molecular formula is C20H21FN6O3S. The molecule has 0 aliphatic heterocycles. The summed E-state index contributed by atoms with van der Waals surface area (Å²) in [5.74, 6) is -1.49. The topological polar surface area (TPSA) is 124 Å². The summed E-state index contributed by atoms with van der Waals surface area (Å²) in [6.07, 6.45) is 5.06. The van der Waals surface area contributed by atoms with Crippen LogP contribution in [0.5, 0.6) is 0 Å². The van der Waals surface area contributed by atoms with Gasteiger partial charge in [-0.3, -0.25) is 14.3 Å². The number of carbonyl (C=O) groups is 2. The summed E-state index contributed by atoms with van der Waals surface area (Å²) < 4.78 is 21.5. The minimum absolute atomic E-state index is 0.206. The van der Waals surface area contributed by atoms with Crippen LogP contribution in [0.1, 0.15) is 44.5 Å². The minimum atomic E-state index is -0.698. The van der Waals surface area contributed by atoms with Gasteiger partial charge >= 0.3 is 0 Å². The molecule has 31 heavy (non-hydrogen) atoms. The summed E-state index contributed by atoms with van der Waals surface area (Å²) in [6, 6.07) is 4.37. The van der Waals surface area contributed by atoms with Gasteiger partial charge in [0.25, 0.3) is 11.8 Å². The van der Waals surface area contributed by atoms with Gasteiger partial charge in [0.2, 0.25) is 0 Å². The first-order valence-corrected chi connectivity index (χ1v) is 10.4. The lowest BCUT2D eigenvalue weighted by Gasteiger charge is -2.34. The number of carbonyl (C=O) groups excluding carboxylic acids is 2. The SMILES string of the molecule is CO[C@H]1C[C@@H](n2ccc(NC(=O)c3cc(NC(=O)c4cnc(N)s4)c(C)cc3F)n2)C1. The van der Waals surface area contributed by atoms with Crippen LogP contribution in [-0.2, 0) is 4.74 Å². The quantitative estimate of drug-likeness (QED) is 0.536. The number of halogens is 1. The Morgan fingerprint density at radius 1 is 1.29 bits per heavy atom. The zero-order valence-corrected chi connectivity index (χ0v) is 17.7. The van der Waals surface area contributed by atoms with Crippen molar-refractivity contribution in [3.8, 4) is 0 Å². The van der Waals surface area contributed by atoms with Crippen LogP contribution >= 0.6 is 11.3 Å². The standard InChI is InChI=1S/C20H21FN6O3S/c1-10-5-14(21)13(8-15(10)24-19(29)16-9-23-20(22)31-16)18(28)25-17-3-4-27(26-17)11-6-12(7-11)30-2/h3-5,8-9,11-12H,6-7H2,1-2H3,(H2,22,23)(H,24,29)(H,25,26,28)/t11-,12+. The third kappa shape index (κ3) is 4.42. The number of anilines is 3. The Kier molecular flexibility index (Phi) is 5.70. The van der Waals surface area contributed by atoms with E-state index in [1.165, 1.54) is 18.3 Å². The van der Waals surface area contributed by atoms with E-state index in [0.29, 0.717) is 21.9 Å². The van der Waals surface area contributed by atoms with Gasteiger partial charge in [0.15, 0.2) is 10.9 Å². The fourth-order valence-corrected chi connectivity index (χ4v) is 3.88. The highest BCUT2D eigenvalue weighted by Gasteiger charge is 2.31. The van der Waals surface area contributed by atoms with E-state index in [1.54, 1.807) is 31.0 Å². The number of nitrogen functional groups attached to an aromatic ring is 1. The molecule has 4 rings (SSSR count). The van der Waals surface area contributed by atoms with E-state index in [-0.39, 0.29) is 22.8 Å². The molecule has 0 bridgehead atoms. The number of benzene rings is 1. The van der Waals surface area contributed by atoms with E-state index in [1.807, 2.05) is 0 Å². The second kappa shape index (κ2) is 8.44. The van der Waals surface area contributed by atoms with Crippen molar-refractivity contribution in [3.63, 3.8) is 0 Å². The van der Waals surface area contributed by atoms with Gasteiger partial charge in [-0.25, -0.2) is 9.37 Å². The number of aryl methyl sites for hydroxylation is 1. The maximum absolute atomic E-state index is 14.5. The Hall–Kier alpha value is -3.31. The van der Waals surface area contributed by atoms with Gasteiger partial charge in [0, 0.05) is 25.1 Å². The monoisotopic (exact) mass is 444 g/mol. The number of rotatable bonds is 6. The first-order chi connectivity index (χ1) is 14.8. The molecule has 4 N–H and O–H groups in total. The molecule has 1 aliphatic rings. The molecule has 2 heterocycles. The lowest BCUT2D eigenvalue weighted by atomic mass is 9.89. The van der Waals surface area contributed by atoms with Crippen molar-refractivity contribution in [2.24, 2.45) is 0 Å². The largest absolute Gasteiger partial charge is 0.381 e. The second-order valence-corrected chi connectivity index (χ2v) is 8.34. The molecule has 0 saturated heterocycles. The van der Waals surface area contributed by atoms with Crippen molar-refractivity contribution in [3.05, 3.63) is 52.4 Å². The molecule has 0 spiro atoms. The van der Waals surface area contributed by atoms with Gasteiger partial charge in [-0.05, 0) is 37.5 Å². The molecule has 1 fully saturated rings. The highest BCUT2D eigenvalue weighted by Crippen LogP contribution is 2.34. The van der Waals surface area contributed by atoms with Gasteiger partial charge in [-0.15, -0.1) is 0 Å². The van der Waals surface area contributed by atoms with E-state index in [4.69, 9.17) is 10.5 Å². The third-order valence-corrected chi connectivity index (χ3v) is 6.01. The summed E-state index contributed by atoms with van der Waals surface area (Å²) in [5.41, 5.74) is 6.14. The maximum Gasteiger partial charge on any atom is 0.267 e. The molecule has 11 heteroatoms. The van der Waals surface area contributed by atoms with Crippen LogP contribution < -0.4 is 16.4 Å². The van der Waals surface area contributed by atoms with Crippen LogP contribution in [0.4, 0.5) is 21.0 Å². The zero-order chi connectivity index (χ0) is 22.1. The average molecular weight is 444 g/mol. The van der Waals surface area contributed by atoms with Gasteiger partial charge in [0.05, 0.1) is 23.9 Å². The highest BCUT2D eigenvalue weighted by atomic mass is 32.1. The Labute approximate surface area is 181 Å². The summed E-state index contributed by atoms with van der Waals surface area (Å²) >= 11 is 1.03. The molecule has 2 aromatic heterocycles. The number of ether oxygens (including phenoxy) is 1. The summed E-state index contributed by atoms with van der Waals surface area (Å²) in [4.78, 5) is 29.2. The van der Waals surface area contributed by atoms with Crippen LogP contribution in [0.3, 0.4) is 0 Å². The number of amides is 2.